The summed E-state index contributed by atoms with van der Waals surface area (Å²) in [6, 6.07) is 0. The number of anilines is 1. The van der Waals surface area contributed by atoms with E-state index in [1.165, 1.54) is 4.68 Å². The molecule has 1 aromatic heterocycles. The van der Waals surface area contributed by atoms with E-state index in [1.807, 2.05) is 0 Å². The fourth-order valence-electron chi connectivity index (χ4n) is 2.26. The lowest BCUT2D eigenvalue weighted by Gasteiger charge is -2.15. The Morgan fingerprint density at radius 3 is 2.53 bits per heavy atom. The van der Waals surface area contributed by atoms with Crippen molar-refractivity contribution in [1.82, 2.24) is 20.0 Å². The Bertz CT molecular complexity index is 502. The largest absolute Gasteiger partial charge is 0.395 e. The van der Waals surface area contributed by atoms with E-state index < -0.39 is 0 Å². The molecule has 104 valence electrons. The van der Waals surface area contributed by atoms with Gasteiger partial charge in [-0.25, -0.2) is 0 Å². The van der Waals surface area contributed by atoms with Gasteiger partial charge in [0.1, 0.15) is 5.69 Å². The van der Waals surface area contributed by atoms with Gasteiger partial charge in [0.05, 0.1) is 17.9 Å². The number of carbonyl (C=O) groups excluding carboxylic acids is 2. The maximum Gasteiger partial charge on any atom is 0.272 e. The number of amides is 2. The van der Waals surface area contributed by atoms with E-state index >= 15 is 0 Å². The van der Waals surface area contributed by atoms with Gasteiger partial charge >= 0.3 is 0 Å². The highest BCUT2D eigenvalue weighted by Crippen LogP contribution is 2.14. The van der Waals surface area contributed by atoms with Crippen LogP contribution in [0.5, 0.6) is 0 Å². The fourth-order valence-corrected chi connectivity index (χ4v) is 2.26. The molecule has 7 nitrogen and oxygen atoms in total. The first-order valence-electron chi connectivity index (χ1n) is 6.35. The molecule has 0 aromatic carbocycles. The lowest BCUT2D eigenvalue weighted by Crippen LogP contribution is -2.39. The molecule has 1 aliphatic rings. The van der Waals surface area contributed by atoms with Crippen molar-refractivity contribution in [3.05, 3.63) is 11.4 Å². The average molecular weight is 265 g/mol. The van der Waals surface area contributed by atoms with Gasteiger partial charge in [-0.1, -0.05) is 0 Å². The third kappa shape index (κ3) is 2.69. The third-order valence-corrected chi connectivity index (χ3v) is 3.34. The summed E-state index contributed by atoms with van der Waals surface area (Å²) in [5.74, 6) is -0.420. The van der Waals surface area contributed by atoms with Crippen LogP contribution in [0.2, 0.25) is 0 Å². The fraction of sp³-hybridized carbons (Fsp3) is 0.583. The summed E-state index contributed by atoms with van der Waals surface area (Å²) >= 11 is 0. The highest BCUT2D eigenvalue weighted by molar-refractivity contribution is 5.99. The van der Waals surface area contributed by atoms with Gasteiger partial charge < -0.3 is 16.0 Å². The summed E-state index contributed by atoms with van der Waals surface area (Å²) in [6.07, 6.45) is 2.07. The number of nitrogens with two attached hydrogens (primary N) is 1. The predicted molar refractivity (Wildman–Crippen MR) is 70.5 cm³/mol. The molecule has 2 rings (SSSR count). The van der Waals surface area contributed by atoms with Crippen molar-refractivity contribution in [1.29, 1.82) is 0 Å². The topological polar surface area (TPSA) is 93.2 Å². The zero-order valence-electron chi connectivity index (χ0n) is 11.3. The van der Waals surface area contributed by atoms with Crippen LogP contribution in [-0.2, 0) is 11.8 Å². The predicted octanol–water partition coefficient (Wildman–Crippen LogP) is -0.337. The normalized spacial score (nSPS) is 14.7. The van der Waals surface area contributed by atoms with Crippen LogP contribution < -0.4 is 11.1 Å². The second-order valence-electron chi connectivity index (χ2n) is 4.74. The third-order valence-electron chi connectivity index (χ3n) is 3.34. The Morgan fingerprint density at radius 2 is 2.00 bits per heavy atom. The summed E-state index contributed by atoms with van der Waals surface area (Å²) < 4.78 is 1.43. The molecule has 0 unspecified atom stereocenters. The van der Waals surface area contributed by atoms with Crippen molar-refractivity contribution in [2.24, 2.45) is 7.05 Å². The molecule has 0 bridgehead atoms. The maximum atomic E-state index is 12.0. The van der Waals surface area contributed by atoms with Gasteiger partial charge in [-0.05, 0) is 19.8 Å². The minimum atomic E-state index is -0.367. The van der Waals surface area contributed by atoms with E-state index in [-0.39, 0.29) is 18.4 Å². The number of hydrogen-bond acceptors (Lipinski definition) is 4. The molecule has 1 aromatic rings. The van der Waals surface area contributed by atoms with E-state index in [4.69, 9.17) is 5.73 Å². The Hall–Kier alpha value is -2.05. The lowest BCUT2D eigenvalue weighted by atomic mass is 10.3. The molecule has 0 spiro atoms. The van der Waals surface area contributed by atoms with E-state index in [0.29, 0.717) is 17.1 Å². The minimum Gasteiger partial charge on any atom is -0.395 e. The molecule has 0 radical (unpaired) electrons. The number of nitrogen functional groups attached to an aromatic ring is 1. The zero-order valence-corrected chi connectivity index (χ0v) is 11.3. The lowest BCUT2D eigenvalue weighted by molar-refractivity contribution is -0.129. The molecule has 1 aliphatic heterocycles. The van der Waals surface area contributed by atoms with Crippen LogP contribution in [-0.4, -0.2) is 46.1 Å². The molecule has 2 heterocycles. The summed E-state index contributed by atoms with van der Waals surface area (Å²) in [7, 11) is 1.65. The van der Waals surface area contributed by atoms with Crippen LogP contribution in [0.4, 0.5) is 5.69 Å². The summed E-state index contributed by atoms with van der Waals surface area (Å²) in [4.78, 5) is 25.6. The molecular weight excluding hydrogens is 246 g/mol. The molecule has 1 fully saturated rings. The number of aryl methyl sites for hydroxylation is 2. The number of nitrogens with one attached hydrogen (secondary N) is 1. The molecular formula is C12H19N5O2. The molecule has 3 N–H and O–H groups in total. The maximum absolute atomic E-state index is 12.0. The van der Waals surface area contributed by atoms with Crippen molar-refractivity contribution < 1.29 is 9.59 Å². The molecule has 2 amide bonds. The number of carbonyl (C=O) groups is 2. The first-order valence-corrected chi connectivity index (χ1v) is 6.35. The second kappa shape index (κ2) is 5.29. The van der Waals surface area contributed by atoms with Crippen LogP contribution in [0.1, 0.15) is 29.0 Å². The number of aromatic nitrogens is 2. The monoisotopic (exact) mass is 265 g/mol. The van der Waals surface area contributed by atoms with Gasteiger partial charge in [-0.2, -0.15) is 5.10 Å². The van der Waals surface area contributed by atoms with Gasteiger partial charge in [-0.3, -0.25) is 14.3 Å². The summed E-state index contributed by atoms with van der Waals surface area (Å²) in [5.41, 5.74) is 7.06. The van der Waals surface area contributed by atoms with Crippen LogP contribution in [0.3, 0.4) is 0 Å². The Labute approximate surface area is 111 Å². The number of hydrogen-bond donors (Lipinski definition) is 2. The number of rotatable bonds is 3. The van der Waals surface area contributed by atoms with Gasteiger partial charge in [-0.15, -0.1) is 0 Å². The van der Waals surface area contributed by atoms with E-state index in [0.717, 1.165) is 25.9 Å². The van der Waals surface area contributed by atoms with Crippen molar-refractivity contribution >= 4 is 17.5 Å². The first kappa shape index (κ1) is 13.4. The second-order valence-corrected chi connectivity index (χ2v) is 4.74. The Balaban J connectivity index is 1.95. The van der Waals surface area contributed by atoms with Crippen LogP contribution in [0.25, 0.3) is 0 Å². The molecule has 0 aliphatic carbocycles. The average Bonchev–Trinajstić information content (AvgIpc) is 2.96. The highest BCUT2D eigenvalue weighted by Gasteiger charge is 2.21. The van der Waals surface area contributed by atoms with Crippen molar-refractivity contribution in [2.75, 3.05) is 25.4 Å². The molecule has 7 heteroatoms. The number of nitrogens with zero attached hydrogens (tertiary/aromatic N) is 3. The highest BCUT2D eigenvalue weighted by atomic mass is 16.2. The van der Waals surface area contributed by atoms with Crippen LogP contribution in [0.15, 0.2) is 0 Å². The Morgan fingerprint density at radius 1 is 1.37 bits per heavy atom. The zero-order chi connectivity index (χ0) is 14.0. The summed E-state index contributed by atoms with van der Waals surface area (Å²) in [6.45, 7) is 3.30. The smallest absolute Gasteiger partial charge is 0.272 e. The van der Waals surface area contributed by atoms with Crippen LogP contribution in [0, 0.1) is 6.92 Å². The molecule has 19 heavy (non-hydrogen) atoms. The van der Waals surface area contributed by atoms with E-state index in [1.54, 1.807) is 18.9 Å². The van der Waals surface area contributed by atoms with Crippen molar-refractivity contribution in [3.8, 4) is 0 Å². The number of likely N-dealkylation sites (tertiary alicyclic amines) is 1. The van der Waals surface area contributed by atoms with Gasteiger partial charge in [0, 0.05) is 20.1 Å². The molecule has 0 atom stereocenters. The SMILES string of the molecule is Cc1nn(C)c(C(=O)NCC(=O)N2CCCC2)c1N. The first-order chi connectivity index (χ1) is 9.00. The van der Waals surface area contributed by atoms with Gasteiger partial charge in [0.15, 0.2) is 0 Å². The van der Waals surface area contributed by atoms with Crippen molar-refractivity contribution in [2.45, 2.75) is 19.8 Å². The van der Waals surface area contributed by atoms with Gasteiger partial charge in [0.25, 0.3) is 5.91 Å². The van der Waals surface area contributed by atoms with Gasteiger partial charge in [0.2, 0.25) is 5.91 Å². The van der Waals surface area contributed by atoms with Crippen molar-refractivity contribution in [3.63, 3.8) is 0 Å². The molecule has 0 saturated carbocycles. The van der Waals surface area contributed by atoms with E-state index in [2.05, 4.69) is 10.4 Å². The quantitative estimate of drug-likeness (QED) is 0.782. The Kier molecular flexibility index (Phi) is 3.73. The minimum absolute atomic E-state index is 0.00248. The molecule has 1 saturated heterocycles. The summed E-state index contributed by atoms with van der Waals surface area (Å²) in [5, 5.41) is 6.67. The standard InChI is InChI=1S/C12H19N5O2/c1-8-10(13)11(16(2)15-8)12(19)14-7-9(18)17-5-3-4-6-17/h3-7,13H2,1-2H3,(H,14,19). The van der Waals surface area contributed by atoms with E-state index in [9.17, 15) is 9.59 Å². The van der Waals surface area contributed by atoms with Crippen LogP contribution >= 0.6 is 0 Å².